The average Bonchev–Trinajstić information content (AvgIpc) is 3.18. The molecule has 1 fully saturated rings. The highest BCUT2D eigenvalue weighted by Gasteiger charge is 2.25. The number of anilines is 2. The molecular weight excluding hydrogens is 420 g/mol. The van der Waals surface area contributed by atoms with Gasteiger partial charge in [-0.15, -0.1) is 0 Å². The molecule has 0 aromatic carbocycles. The zero-order chi connectivity index (χ0) is 22.7. The van der Waals surface area contributed by atoms with Crippen molar-refractivity contribution in [2.24, 2.45) is 0 Å². The lowest BCUT2D eigenvalue weighted by molar-refractivity contribution is 0.0546. The third-order valence-corrected chi connectivity index (χ3v) is 5.16. The highest BCUT2D eigenvalue weighted by Crippen LogP contribution is 2.36. The highest BCUT2D eigenvalue weighted by atomic mass is 19.3. The molecule has 4 heterocycles. The van der Waals surface area contributed by atoms with Crippen LogP contribution in [0.2, 0.25) is 0 Å². The van der Waals surface area contributed by atoms with Gasteiger partial charge in [-0.1, -0.05) is 0 Å². The van der Waals surface area contributed by atoms with Crippen molar-refractivity contribution in [2.45, 2.75) is 44.8 Å². The van der Waals surface area contributed by atoms with Gasteiger partial charge in [0.15, 0.2) is 5.75 Å². The molecule has 0 amide bonds. The fourth-order valence-electron chi connectivity index (χ4n) is 3.47. The van der Waals surface area contributed by atoms with Crippen LogP contribution in [0, 0.1) is 0 Å². The van der Waals surface area contributed by atoms with Crippen LogP contribution in [-0.4, -0.2) is 38.1 Å². The number of ether oxygens (including phenoxy) is 2. The minimum absolute atomic E-state index is 0.00135. The number of hydrogen-bond acceptors (Lipinski definition) is 7. The van der Waals surface area contributed by atoms with Crippen LogP contribution < -0.4 is 10.1 Å². The molecular formula is C22H25F2N5O3. The molecule has 0 atom stereocenters. The first-order valence-electron chi connectivity index (χ1n) is 10.3. The van der Waals surface area contributed by atoms with Gasteiger partial charge in [-0.05, 0) is 44.9 Å². The van der Waals surface area contributed by atoms with Gasteiger partial charge in [0.25, 0.3) is 0 Å². The van der Waals surface area contributed by atoms with Crippen molar-refractivity contribution in [3.8, 4) is 11.5 Å². The Morgan fingerprint density at radius 3 is 2.66 bits per heavy atom. The van der Waals surface area contributed by atoms with Crippen molar-refractivity contribution >= 4 is 11.5 Å². The van der Waals surface area contributed by atoms with Crippen molar-refractivity contribution in [2.75, 3.05) is 18.5 Å². The van der Waals surface area contributed by atoms with Crippen molar-refractivity contribution in [1.29, 1.82) is 0 Å². The summed E-state index contributed by atoms with van der Waals surface area (Å²) in [5.74, 6) is 1.23. The van der Waals surface area contributed by atoms with E-state index in [4.69, 9.17) is 9.47 Å². The van der Waals surface area contributed by atoms with Crippen LogP contribution in [0.4, 0.5) is 20.3 Å². The number of nitrogens with one attached hydrogen (secondary N) is 1. The Labute approximate surface area is 184 Å². The molecule has 3 aromatic rings. The summed E-state index contributed by atoms with van der Waals surface area (Å²) < 4.78 is 38.5. The van der Waals surface area contributed by atoms with Crippen LogP contribution >= 0.6 is 0 Å². The van der Waals surface area contributed by atoms with Crippen LogP contribution in [0.5, 0.6) is 11.5 Å². The minimum atomic E-state index is -2.75. The molecule has 1 aliphatic heterocycles. The summed E-state index contributed by atoms with van der Waals surface area (Å²) in [6.45, 7) is 1.70. The molecule has 3 aromatic heterocycles. The Balaban J connectivity index is 1.53. The predicted octanol–water partition coefficient (Wildman–Crippen LogP) is 4.73. The molecule has 1 saturated heterocycles. The number of hydrogen-bond donors (Lipinski definition) is 2. The molecule has 0 aliphatic carbocycles. The summed E-state index contributed by atoms with van der Waals surface area (Å²) in [6, 6.07) is 6.82. The summed E-state index contributed by atoms with van der Waals surface area (Å²) >= 11 is 0. The van der Waals surface area contributed by atoms with Gasteiger partial charge in [-0.25, -0.2) is 9.67 Å². The maximum Gasteiger partial charge on any atom is 0.333 e. The summed E-state index contributed by atoms with van der Waals surface area (Å²) in [5.41, 5.74) is 0.696. The van der Waals surface area contributed by atoms with Crippen molar-refractivity contribution in [3.63, 3.8) is 0 Å². The quantitative estimate of drug-likeness (QED) is 0.543. The number of pyridine rings is 2. The van der Waals surface area contributed by atoms with Crippen LogP contribution in [0.15, 0.2) is 42.9 Å². The van der Waals surface area contributed by atoms with Crippen LogP contribution in [0.25, 0.3) is 0 Å². The van der Waals surface area contributed by atoms with Crippen molar-refractivity contribution < 1.29 is 23.4 Å². The zero-order valence-corrected chi connectivity index (χ0v) is 17.8. The SMILES string of the molecule is CC(C)(O)c1ccc(Nc2cc(Oc3cn(C(F)F)nc3C3CCOCC3)ccn2)cn1. The molecule has 1 aliphatic rings. The van der Waals surface area contributed by atoms with Gasteiger partial charge in [0.2, 0.25) is 0 Å². The fraction of sp³-hybridized carbons (Fsp3) is 0.409. The standard InChI is InChI=1S/C22H25F2N5O3/c1-22(2,30)18-4-3-15(12-26-18)27-19-11-16(5-8-25-19)32-17-13-29(21(23)24)28-20(17)14-6-9-31-10-7-14/h3-5,8,11-14,21,30H,6-7,9-10H2,1-2H3,(H,25,27). The molecule has 0 radical (unpaired) electrons. The lowest BCUT2D eigenvalue weighted by atomic mass is 9.96. The first-order valence-corrected chi connectivity index (χ1v) is 10.3. The van der Waals surface area contributed by atoms with Gasteiger partial charge < -0.3 is 19.9 Å². The topological polar surface area (TPSA) is 94.3 Å². The largest absolute Gasteiger partial charge is 0.454 e. The Bertz CT molecular complexity index is 1040. The third kappa shape index (κ3) is 5.20. The number of alkyl halides is 2. The van der Waals surface area contributed by atoms with Crippen LogP contribution in [0.1, 0.15) is 50.5 Å². The molecule has 4 rings (SSSR count). The summed E-state index contributed by atoms with van der Waals surface area (Å²) in [4.78, 5) is 8.52. The predicted molar refractivity (Wildman–Crippen MR) is 113 cm³/mol. The molecule has 0 spiro atoms. The second kappa shape index (κ2) is 9.17. The van der Waals surface area contributed by atoms with Crippen LogP contribution in [0.3, 0.4) is 0 Å². The Kier molecular flexibility index (Phi) is 6.33. The van der Waals surface area contributed by atoms with Gasteiger partial charge in [0.1, 0.15) is 22.9 Å². The number of aromatic nitrogens is 4. The van der Waals surface area contributed by atoms with E-state index in [9.17, 15) is 13.9 Å². The van der Waals surface area contributed by atoms with Gasteiger partial charge in [0, 0.05) is 31.4 Å². The molecule has 2 N–H and O–H groups in total. The molecule has 10 heteroatoms. The first kappa shape index (κ1) is 22.1. The molecule has 0 unspecified atom stereocenters. The van der Waals surface area contributed by atoms with E-state index in [1.165, 1.54) is 6.20 Å². The number of aliphatic hydroxyl groups is 1. The Hall–Kier alpha value is -3.11. The highest BCUT2D eigenvalue weighted by molar-refractivity contribution is 5.56. The van der Waals surface area contributed by atoms with E-state index in [2.05, 4.69) is 20.4 Å². The van der Waals surface area contributed by atoms with E-state index >= 15 is 0 Å². The number of rotatable bonds is 7. The summed E-state index contributed by atoms with van der Waals surface area (Å²) in [6.07, 6.45) is 5.78. The Morgan fingerprint density at radius 1 is 1.22 bits per heavy atom. The van der Waals surface area contributed by atoms with Gasteiger partial charge in [-0.3, -0.25) is 4.98 Å². The van der Waals surface area contributed by atoms with E-state index in [0.29, 0.717) is 65.1 Å². The van der Waals surface area contributed by atoms with E-state index in [0.717, 1.165) is 0 Å². The first-order chi connectivity index (χ1) is 15.3. The minimum Gasteiger partial charge on any atom is -0.454 e. The molecule has 0 saturated carbocycles. The van der Waals surface area contributed by atoms with Crippen molar-refractivity contribution in [3.05, 3.63) is 54.2 Å². The lowest BCUT2D eigenvalue weighted by Crippen LogP contribution is -2.17. The monoisotopic (exact) mass is 445 g/mol. The van der Waals surface area contributed by atoms with E-state index in [-0.39, 0.29) is 5.92 Å². The molecule has 0 bridgehead atoms. The smallest absolute Gasteiger partial charge is 0.333 e. The maximum absolute atomic E-state index is 13.3. The van der Waals surface area contributed by atoms with E-state index < -0.39 is 12.2 Å². The lowest BCUT2D eigenvalue weighted by Gasteiger charge is -2.21. The van der Waals surface area contributed by atoms with Gasteiger partial charge in [0.05, 0.1) is 23.8 Å². The fourth-order valence-corrected chi connectivity index (χ4v) is 3.47. The zero-order valence-electron chi connectivity index (χ0n) is 17.8. The number of nitrogens with zero attached hydrogens (tertiary/aromatic N) is 4. The second-order valence-corrected chi connectivity index (χ2v) is 8.12. The molecule has 170 valence electrons. The number of halogens is 2. The summed E-state index contributed by atoms with van der Waals surface area (Å²) in [5, 5.41) is 17.2. The van der Waals surface area contributed by atoms with Gasteiger partial charge in [-0.2, -0.15) is 13.9 Å². The summed E-state index contributed by atoms with van der Waals surface area (Å²) in [7, 11) is 0. The van der Waals surface area contributed by atoms with Gasteiger partial charge >= 0.3 is 6.55 Å². The van der Waals surface area contributed by atoms with E-state index in [1.54, 1.807) is 50.5 Å². The van der Waals surface area contributed by atoms with E-state index in [1.807, 2.05) is 0 Å². The molecule has 32 heavy (non-hydrogen) atoms. The van der Waals surface area contributed by atoms with Crippen LogP contribution in [-0.2, 0) is 10.3 Å². The van der Waals surface area contributed by atoms with Crippen molar-refractivity contribution in [1.82, 2.24) is 19.7 Å². The normalized spacial score (nSPS) is 15.2. The maximum atomic E-state index is 13.3. The Morgan fingerprint density at radius 2 is 2.00 bits per heavy atom. The average molecular weight is 445 g/mol. The second-order valence-electron chi connectivity index (χ2n) is 8.12. The molecule has 8 nitrogen and oxygen atoms in total. The third-order valence-electron chi connectivity index (χ3n) is 5.16.